The SMILES string of the molecule is CN=C(NCCc1csc(N2CCCC2)n1)N(C)Cc1ccccc1Br.I. The Hall–Kier alpha value is -0.870. The average Bonchev–Trinajstić information content (AvgIpc) is 3.32. The summed E-state index contributed by atoms with van der Waals surface area (Å²) in [5.74, 6) is 0.899. The number of rotatable bonds is 6. The van der Waals surface area contributed by atoms with Crippen molar-refractivity contribution >= 4 is 62.3 Å². The molecule has 8 heteroatoms. The lowest BCUT2D eigenvalue weighted by Crippen LogP contribution is -2.39. The van der Waals surface area contributed by atoms with Crippen molar-refractivity contribution in [2.45, 2.75) is 25.8 Å². The summed E-state index contributed by atoms with van der Waals surface area (Å²) in [6.45, 7) is 3.93. The monoisotopic (exact) mass is 563 g/mol. The summed E-state index contributed by atoms with van der Waals surface area (Å²) >= 11 is 5.37. The van der Waals surface area contributed by atoms with Gasteiger partial charge in [-0.3, -0.25) is 4.99 Å². The van der Waals surface area contributed by atoms with Gasteiger partial charge in [-0.05, 0) is 24.5 Å². The third kappa shape index (κ3) is 6.32. The molecule has 2 heterocycles. The van der Waals surface area contributed by atoms with Crippen molar-refractivity contribution in [2.75, 3.05) is 38.6 Å². The molecule has 1 aromatic heterocycles. The van der Waals surface area contributed by atoms with Gasteiger partial charge in [0.2, 0.25) is 0 Å². The number of benzene rings is 1. The van der Waals surface area contributed by atoms with E-state index in [1.807, 2.05) is 13.1 Å². The van der Waals surface area contributed by atoms with Crippen molar-refractivity contribution in [3.05, 3.63) is 45.4 Å². The molecule has 1 aliphatic heterocycles. The fourth-order valence-electron chi connectivity index (χ4n) is 3.11. The van der Waals surface area contributed by atoms with Gasteiger partial charge in [0.05, 0.1) is 5.69 Å². The number of anilines is 1. The van der Waals surface area contributed by atoms with Crippen LogP contribution in [0, 0.1) is 0 Å². The Morgan fingerprint density at radius 1 is 1.33 bits per heavy atom. The zero-order chi connectivity index (χ0) is 18.4. The van der Waals surface area contributed by atoms with E-state index < -0.39 is 0 Å². The van der Waals surface area contributed by atoms with Crippen LogP contribution < -0.4 is 10.2 Å². The maximum atomic E-state index is 4.78. The number of hydrogen-bond donors (Lipinski definition) is 1. The molecule has 2 aromatic rings. The van der Waals surface area contributed by atoms with Crippen LogP contribution >= 0.6 is 51.2 Å². The molecule has 1 fully saturated rings. The first kappa shape index (κ1) is 22.4. The van der Waals surface area contributed by atoms with Crippen LogP contribution in [-0.2, 0) is 13.0 Å². The Morgan fingerprint density at radius 2 is 2.07 bits per heavy atom. The Balaban J connectivity index is 0.00000261. The molecule has 0 bridgehead atoms. The van der Waals surface area contributed by atoms with E-state index in [2.05, 4.69) is 66.7 Å². The minimum atomic E-state index is 0. The van der Waals surface area contributed by atoms with Gasteiger partial charge >= 0.3 is 0 Å². The Kier molecular flexibility index (Phi) is 9.31. The smallest absolute Gasteiger partial charge is 0.193 e. The van der Waals surface area contributed by atoms with Crippen LogP contribution in [0.2, 0.25) is 0 Å². The van der Waals surface area contributed by atoms with Crippen LogP contribution in [0.1, 0.15) is 24.1 Å². The minimum absolute atomic E-state index is 0. The van der Waals surface area contributed by atoms with E-state index in [0.29, 0.717) is 0 Å². The molecule has 148 valence electrons. The summed E-state index contributed by atoms with van der Waals surface area (Å²) in [5.41, 5.74) is 2.40. The third-order valence-corrected chi connectivity index (χ3v) is 6.24. The molecule has 3 rings (SSSR count). The van der Waals surface area contributed by atoms with Crippen molar-refractivity contribution < 1.29 is 0 Å². The fraction of sp³-hybridized carbons (Fsp3) is 0.474. The quantitative estimate of drug-likeness (QED) is 0.322. The molecule has 0 radical (unpaired) electrons. The second-order valence-electron chi connectivity index (χ2n) is 6.49. The van der Waals surface area contributed by atoms with Crippen LogP contribution in [0.3, 0.4) is 0 Å². The number of nitrogens with one attached hydrogen (secondary N) is 1. The molecule has 1 aliphatic rings. The van der Waals surface area contributed by atoms with Crippen molar-refractivity contribution in [3.63, 3.8) is 0 Å². The molecular formula is C19H27BrIN5S. The average molecular weight is 564 g/mol. The number of aromatic nitrogens is 1. The highest BCUT2D eigenvalue weighted by molar-refractivity contribution is 14.0. The maximum Gasteiger partial charge on any atom is 0.193 e. The van der Waals surface area contributed by atoms with Crippen LogP contribution in [0.25, 0.3) is 0 Å². The van der Waals surface area contributed by atoms with Crippen LogP contribution in [-0.4, -0.2) is 49.6 Å². The van der Waals surface area contributed by atoms with Crippen molar-refractivity contribution in [2.24, 2.45) is 4.99 Å². The summed E-state index contributed by atoms with van der Waals surface area (Å²) in [7, 11) is 3.89. The first-order valence-corrected chi connectivity index (χ1v) is 10.7. The lowest BCUT2D eigenvalue weighted by Gasteiger charge is -2.22. The zero-order valence-electron chi connectivity index (χ0n) is 15.8. The molecule has 5 nitrogen and oxygen atoms in total. The summed E-state index contributed by atoms with van der Waals surface area (Å²) in [6.07, 6.45) is 3.49. The van der Waals surface area contributed by atoms with E-state index >= 15 is 0 Å². The Bertz CT molecular complexity index is 745. The maximum absolute atomic E-state index is 4.78. The van der Waals surface area contributed by atoms with Gasteiger partial charge in [0.25, 0.3) is 0 Å². The van der Waals surface area contributed by atoms with Crippen molar-refractivity contribution in [1.82, 2.24) is 15.2 Å². The molecular weight excluding hydrogens is 537 g/mol. The molecule has 0 amide bonds. The van der Waals surface area contributed by atoms with E-state index in [9.17, 15) is 0 Å². The van der Waals surface area contributed by atoms with Gasteiger partial charge in [-0.1, -0.05) is 34.1 Å². The highest BCUT2D eigenvalue weighted by atomic mass is 127. The van der Waals surface area contributed by atoms with E-state index in [4.69, 9.17) is 4.98 Å². The van der Waals surface area contributed by atoms with E-state index in [0.717, 1.165) is 48.7 Å². The normalized spacial score (nSPS) is 14.2. The molecule has 0 aliphatic carbocycles. The fourth-order valence-corrected chi connectivity index (χ4v) is 4.43. The first-order valence-electron chi connectivity index (χ1n) is 9.02. The third-order valence-electron chi connectivity index (χ3n) is 4.52. The number of thiazole rings is 1. The number of nitrogens with zero attached hydrogens (tertiary/aromatic N) is 4. The highest BCUT2D eigenvalue weighted by Gasteiger charge is 2.15. The van der Waals surface area contributed by atoms with Crippen LogP contribution in [0.5, 0.6) is 0 Å². The minimum Gasteiger partial charge on any atom is -0.356 e. The highest BCUT2D eigenvalue weighted by Crippen LogP contribution is 2.24. The summed E-state index contributed by atoms with van der Waals surface area (Å²) in [5, 5.41) is 6.81. The molecule has 1 saturated heterocycles. The molecule has 1 N–H and O–H groups in total. The predicted octanol–water partition coefficient (Wildman–Crippen LogP) is 4.37. The number of aliphatic imine (C=N–C) groups is 1. The summed E-state index contributed by atoms with van der Waals surface area (Å²) in [6, 6.07) is 8.29. The number of hydrogen-bond acceptors (Lipinski definition) is 4. The van der Waals surface area contributed by atoms with Gasteiger partial charge in [0.1, 0.15) is 0 Å². The Morgan fingerprint density at radius 3 is 2.78 bits per heavy atom. The van der Waals surface area contributed by atoms with Crippen LogP contribution in [0.15, 0.2) is 39.1 Å². The summed E-state index contributed by atoms with van der Waals surface area (Å²) < 4.78 is 1.12. The molecule has 0 saturated carbocycles. The number of halogens is 2. The number of guanidine groups is 1. The van der Waals surface area contributed by atoms with E-state index in [-0.39, 0.29) is 24.0 Å². The van der Waals surface area contributed by atoms with E-state index in [1.165, 1.54) is 23.5 Å². The van der Waals surface area contributed by atoms with Gasteiger partial charge in [-0.25, -0.2) is 4.98 Å². The van der Waals surface area contributed by atoms with Crippen molar-refractivity contribution in [1.29, 1.82) is 0 Å². The van der Waals surface area contributed by atoms with Gasteiger partial charge < -0.3 is 15.1 Å². The second-order valence-corrected chi connectivity index (χ2v) is 8.18. The topological polar surface area (TPSA) is 43.8 Å². The van der Waals surface area contributed by atoms with Gasteiger partial charge in [0.15, 0.2) is 11.1 Å². The molecule has 1 aromatic carbocycles. The summed E-state index contributed by atoms with van der Waals surface area (Å²) in [4.78, 5) is 13.7. The zero-order valence-corrected chi connectivity index (χ0v) is 20.6. The predicted molar refractivity (Wildman–Crippen MR) is 130 cm³/mol. The lowest BCUT2D eigenvalue weighted by molar-refractivity contribution is 0.476. The molecule has 0 unspecified atom stereocenters. The van der Waals surface area contributed by atoms with Gasteiger partial charge in [-0.15, -0.1) is 35.3 Å². The molecule has 0 atom stereocenters. The largest absolute Gasteiger partial charge is 0.356 e. The first-order chi connectivity index (χ1) is 12.7. The molecule has 27 heavy (non-hydrogen) atoms. The lowest BCUT2D eigenvalue weighted by atomic mass is 10.2. The van der Waals surface area contributed by atoms with Gasteiger partial charge in [0, 0.05) is 56.5 Å². The van der Waals surface area contributed by atoms with E-state index in [1.54, 1.807) is 11.3 Å². The van der Waals surface area contributed by atoms with Crippen LogP contribution in [0.4, 0.5) is 5.13 Å². The Labute approximate surface area is 191 Å². The van der Waals surface area contributed by atoms with Gasteiger partial charge in [-0.2, -0.15) is 0 Å². The molecule has 0 spiro atoms. The van der Waals surface area contributed by atoms with Crippen molar-refractivity contribution in [3.8, 4) is 0 Å². The standard InChI is InChI=1S/C19H26BrN5S.HI/c1-21-18(24(2)13-15-7-3-4-8-17(15)20)22-10-9-16-14-26-19(23-16)25-11-5-6-12-25;/h3-4,7-8,14H,5-6,9-13H2,1-2H3,(H,21,22);1H. The second kappa shape index (κ2) is 11.2.